The molecule has 4 aromatic rings. The Hall–Kier alpha value is -4.15. The third kappa shape index (κ3) is 4.36. The van der Waals surface area contributed by atoms with Crippen LogP contribution in [0.5, 0.6) is 0 Å². The molecule has 4 rings (SSSR count). The van der Waals surface area contributed by atoms with E-state index in [2.05, 4.69) is 14.6 Å². The van der Waals surface area contributed by atoms with E-state index in [1.165, 1.54) is 36.4 Å². The summed E-state index contributed by atoms with van der Waals surface area (Å²) in [4.78, 5) is 17.2. The number of hydrogen-bond acceptors (Lipinski definition) is 2. The predicted octanol–water partition coefficient (Wildman–Crippen LogP) is 6.40. The lowest BCUT2D eigenvalue weighted by molar-refractivity contribution is 0.103. The minimum Gasteiger partial charge on any atom is -0.503 e. The molecule has 2 aromatic heterocycles. The molecule has 0 saturated heterocycles. The van der Waals surface area contributed by atoms with Crippen LogP contribution in [0.15, 0.2) is 66.7 Å². The van der Waals surface area contributed by atoms with Crippen molar-refractivity contribution in [1.29, 1.82) is 0 Å². The van der Waals surface area contributed by atoms with Crippen LogP contribution in [0.3, 0.4) is 0 Å². The number of hydrogen-bond donors (Lipinski definition) is 2. The summed E-state index contributed by atoms with van der Waals surface area (Å²) in [7, 11) is -3.53. The first kappa shape index (κ1) is 23.0. The fraction of sp³-hybridized carbons (Fsp3) is 0. The van der Waals surface area contributed by atoms with Crippen molar-refractivity contribution in [3.8, 4) is 22.5 Å². The summed E-state index contributed by atoms with van der Waals surface area (Å²) < 4.78 is 88.2. The van der Waals surface area contributed by atoms with Gasteiger partial charge in [0.1, 0.15) is 17.1 Å². The molecular weight excluding hydrogens is 461 g/mol. The average molecular weight is 474 g/mol. The lowest BCUT2D eigenvalue weighted by Crippen LogP contribution is -2.08. The maximum absolute atomic E-state index is 14.6. The van der Waals surface area contributed by atoms with Gasteiger partial charge in [-0.15, -0.1) is 0 Å². The molecule has 11 heteroatoms. The minimum absolute atomic E-state index is 0.192. The smallest absolute Gasteiger partial charge is 0.503 e. The van der Waals surface area contributed by atoms with Gasteiger partial charge in [-0.2, -0.15) is 0 Å². The van der Waals surface area contributed by atoms with Crippen molar-refractivity contribution in [1.82, 2.24) is 9.97 Å². The molecule has 172 valence electrons. The standard InChI is InChI=1S/C23H13BF6N2O2/c25-16-18(27)22(31-20(16)12-7-3-1-4-8-12)14(33)11-15(34-24(29)30)23-19(28)17(26)21(32-23)13-9-5-2-6-10-13/h1-11,31-32H/b15-11-. The predicted molar refractivity (Wildman–Crippen MR) is 114 cm³/mol. The number of ketones is 1. The molecule has 0 aliphatic heterocycles. The van der Waals surface area contributed by atoms with E-state index >= 15 is 0 Å². The maximum atomic E-state index is 14.6. The molecule has 0 spiro atoms. The third-order valence-electron chi connectivity index (χ3n) is 4.86. The van der Waals surface area contributed by atoms with Gasteiger partial charge in [-0.3, -0.25) is 4.79 Å². The summed E-state index contributed by atoms with van der Waals surface area (Å²) in [5, 5.41) is 0. The third-order valence-corrected chi connectivity index (χ3v) is 4.86. The van der Waals surface area contributed by atoms with Gasteiger partial charge >= 0.3 is 7.47 Å². The number of nitrogens with one attached hydrogen (secondary N) is 2. The van der Waals surface area contributed by atoms with Crippen molar-refractivity contribution in [3.05, 3.63) is 101 Å². The van der Waals surface area contributed by atoms with Crippen molar-refractivity contribution in [3.63, 3.8) is 0 Å². The van der Waals surface area contributed by atoms with Crippen LogP contribution in [0.4, 0.5) is 26.2 Å². The highest BCUT2D eigenvalue weighted by Crippen LogP contribution is 2.31. The van der Waals surface area contributed by atoms with Crippen LogP contribution in [0.25, 0.3) is 28.3 Å². The molecule has 0 fully saturated rings. The highest BCUT2D eigenvalue weighted by molar-refractivity contribution is 6.36. The van der Waals surface area contributed by atoms with E-state index in [4.69, 9.17) is 0 Å². The lowest BCUT2D eigenvalue weighted by Gasteiger charge is -2.07. The molecule has 0 saturated carbocycles. The molecule has 0 aliphatic rings. The second-order valence-electron chi connectivity index (χ2n) is 6.99. The van der Waals surface area contributed by atoms with Gasteiger partial charge in [0.2, 0.25) is 5.78 Å². The van der Waals surface area contributed by atoms with Crippen molar-refractivity contribution < 1.29 is 35.6 Å². The summed E-state index contributed by atoms with van der Waals surface area (Å²) in [6, 6.07) is 15.2. The van der Waals surface area contributed by atoms with Gasteiger partial charge < -0.3 is 14.6 Å². The fourth-order valence-corrected chi connectivity index (χ4v) is 3.31. The molecule has 4 nitrogen and oxygen atoms in total. The van der Waals surface area contributed by atoms with Gasteiger partial charge in [0, 0.05) is 17.2 Å². The fourth-order valence-electron chi connectivity index (χ4n) is 3.31. The Morgan fingerprint density at radius 3 is 1.62 bits per heavy atom. The van der Waals surface area contributed by atoms with Crippen LogP contribution in [-0.2, 0) is 4.65 Å². The molecule has 0 bridgehead atoms. The van der Waals surface area contributed by atoms with Crippen molar-refractivity contribution in [2.45, 2.75) is 0 Å². The van der Waals surface area contributed by atoms with Crippen LogP contribution < -0.4 is 0 Å². The quantitative estimate of drug-likeness (QED) is 0.107. The second kappa shape index (κ2) is 9.38. The number of rotatable bonds is 7. The number of aromatic amines is 2. The van der Waals surface area contributed by atoms with Gasteiger partial charge in [-0.05, 0) is 0 Å². The highest BCUT2D eigenvalue weighted by atomic mass is 19.2. The number of aromatic nitrogens is 2. The first-order valence-electron chi connectivity index (χ1n) is 9.74. The molecule has 2 aromatic carbocycles. The molecular formula is C23H13BF6N2O2. The van der Waals surface area contributed by atoms with Crippen molar-refractivity contribution in [2.24, 2.45) is 0 Å². The summed E-state index contributed by atoms with van der Waals surface area (Å²) in [6.45, 7) is 0. The number of allylic oxidation sites excluding steroid dienone is 1. The van der Waals surface area contributed by atoms with E-state index in [1.54, 1.807) is 24.3 Å². The largest absolute Gasteiger partial charge is 0.796 e. The molecule has 2 heterocycles. The monoisotopic (exact) mass is 474 g/mol. The van der Waals surface area contributed by atoms with E-state index in [1.807, 2.05) is 0 Å². The molecule has 0 radical (unpaired) electrons. The van der Waals surface area contributed by atoms with Crippen molar-refractivity contribution in [2.75, 3.05) is 0 Å². The Morgan fingerprint density at radius 1 is 0.706 bits per heavy atom. The van der Waals surface area contributed by atoms with Gasteiger partial charge in [0.25, 0.3) is 0 Å². The van der Waals surface area contributed by atoms with Crippen molar-refractivity contribution >= 4 is 19.0 Å². The Morgan fingerprint density at radius 2 is 1.15 bits per heavy atom. The zero-order valence-corrected chi connectivity index (χ0v) is 17.0. The number of carbonyl (C=O) groups is 1. The Bertz CT molecular complexity index is 1370. The highest BCUT2D eigenvalue weighted by Gasteiger charge is 2.29. The number of H-pyrrole nitrogens is 2. The van der Waals surface area contributed by atoms with Gasteiger partial charge in [-0.25, -0.2) is 26.2 Å². The van der Waals surface area contributed by atoms with Gasteiger partial charge in [-0.1, -0.05) is 60.7 Å². The zero-order valence-electron chi connectivity index (χ0n) is 17.0. The summed E-state index contributed by atoms with van der Waals surface area (Å²) >= 11 is 0. The number of carbonyl (C=O) groups excluding carboxylic acids is 1. The van der Waals surface area contributed by atoms with Crippen LogP contribution in [0, 0.1) is 23.3 Å². The summed E-state index contributed by atoms with van der Waals surface area (Å²) in [6.07, 6.45) is 0.318. The number of halogens is 6. The van der Waals surface area contributed by atoms with E-state index in [9.17, 15) is 31.0 Å². The normalized spacial score (nSPS) is 11.5. The SMILES string of the molecule is O=C(/C=C(\OB(F)F)c1[nH]c(-c2ccccc2)c(F)c1F)c1[nH]c(-c2ccccc2)c(F)c1F. The van der Waals surface area contributed by atoms with Crippen LogP contribution in [0.1, 0.15) is 16.2 Å². The van der Waals surface area contributed by atoms with Crippen LogP contribution in [-0.4, -0.2) is 23.2 Å². The second-order valence-corrected chi connectivity index (χ2v) is 6.99. The Kier molecular flexibility index (Phi) is 6.35. The molecule has 34 heavy (non-hydrogen) atoms. The van der Waals surface area contributed by atoms with Crippen LogP contribution >= 0.6 is 0 Å². The van der Waals surface area contributed by atoms with E-state index in [-0.39, 0.29) is 22.5 Å². The summed E-state index contributed by atoms with van der Waals surface area (Å²) in [5.74, 6) is -8.39. The number of benzene rings is 2. The summed E-state index contributed by atoms with van der Waals surface area (Å²) in [5.41, 5.74) is -2.14. The molecule has 0 atom stereocenters. The Labute approximate surface area is 189 Å². The van der Waals surface area contributed by atoms with E-state index in [0.717, 1.165) is 0 Å². The Balaban J connectivity index is 1.77. The van der Waals surface area contributed by atoms with Crippen LogP contribution in [0.2, 0.25) is 0 Å². The molecule has 0 amide bonds. The average Bonchev–Trinajstić information content (AvgIpc) is 3.30. The molecule has 0 aliphatic carbocycles. The lowest BCUT2D eigenvalue weighted by atomic mass is 10.1. The topological polar surface area (TPSA) is 57.9 Å². The first-order valence-corrected chi connectivity index (χ1v) is 9.74. The molecule has 2 N–H and O–H groups in total. The van der Waals surface area contributed by atoms with Gasteiger partial charge in [0.05, 0.1) is 11.4 Å². The van der Waals surface area contributed by atoms with E-state index < -0.39 is 53.7 Å². The zero-order chi connectivity index (χ0) is 24.4. The van der Waals surface area contributed by atoms with E-state index in [0.29, 0.717) is 6.08 Å². The van der Waals surface area contributed by atoms with Gasteiger partial charge in [0.15, 0.2) is 23.3 Å². The first-order chi connectivity index (χ1) is 16.3. The molecule has 0 unspecified atom stereocenters. The maximum Gasteiger partial charge on any atom is 0.796 e. The minimum atomic E-state index is -3.53.